The number of carboxylic acid groups (broad SMARTS) is 1. The van der Waals surface area contributed by atoms with Crippen molar-refractivity contribution in [1.29, 1.82) is 0 Å². The highest BCUT2D eigenvalue weighted by molar-refractivity contribution is 7.89. The third kappa shape index (κ3) is 3.44. The Morgan fingerprint density at radius 2 is 2.00 bits per heavy atom. The first kappa shape index (κ1) is 15.9. The molecular weight excluding hydrogens is 274 g/mol. The monoisotopic (exact) mass is 293 g/mol. The number of piperidine rings is 1. The van der Waals surface area contributed by atoms with Gasteiger partial charge in [0.2, 0.25) is 10.0 Å². The Morgan fingerprint density at radius 3 is 2.47 bits per heavy atom. The Labute approximate surface area is 112 Å². The number of ether oxygens (including phenoxy) is 1. The van der Waals surface area contributed by atoms with E-state index < -0.39 is 39.2 Å². The summed E-state index contributed by atoms with van der Waals surface area (Å²) in [7, 11) is -2.89. The number of carbonyl (C=O) groups excluding carboxylic acids is 1. The Balaban J connectivity index is 3.08. The predicted molar refractivity (Wildman–Crippen MR) is 66.9 cm³/mol. The third-order valence-corrected chi connectivity index (χ3v) is 5.06. The Hall–Kier alpha value is -1.15. The number of esters is 1. The second-order valence-corrected chi connectivity index (χ2v) is 7.20. The summed E-state index contributed by atoms with van der Waals surface area (Å²) < 4.78 is 29.5. The van der Waals surface area contributed by atoms with Crippen molar-refractivity contribution in [3.05, 3.63) is 0 Å². The van der Waals surface area contributed by atoms with Gasteiger partial charge in [-0.3, -0.25) is 9.59 Å². The van der Waals surface area contributed by atoms with E-state index in [1.54, 1.807) is 13.8 Å². The maximum Gasteiger partial charge on any atom is 0.322 e. The Kier molecular flexibility index (Phi) is 4.57. The maximum absolute atomic E-state index is 12.1. The van der Waals surface area contributed by atoms with Crippen LogP contribution in [0.1, 0.15) is 26.7 Å². The molecule has 0 aromatic rings. The van der Waals surface area contributed by atoms with Crippen LogP contribution in [0.5, 0.6) is 0 Å². The molecule has 1 fully saturated rings. The average molecular weight is 293 g/mol. The van der Waals surface area contributed by atoms with Crippen molar-refractivity contribution in [2.24, 2.45) is 5.41 Å². The van der Waals surface area contributed by atoms with Crippen molar-refractivity contribution in [2.45, 2.75) is 32.7 Å². The summed E-state index contributed by atoms with van der Waals surface area (Å²) in [5.74, 6) is -2.92. The molecule has 1 heterocycles. The number of carboxylic acids is 1. The SMILES string of the molecule is COC(=O)CS(=O)(=O)N1CCCC(C)(C)C1C(=O)O. The zero-order chi connectivity index (χ0) is 14.8. The van der Waals surface area contributed by atoms with Gasteiger partial charge in [-0.1, -0.05) is 13.8 Å². The third-order valence-electron chi connectivity index (χ3n) is 3.35. The molecule has 1 saturated heterocycles. The van der Waals surface area contributed by atoms with Crippen molar-refractivity contribution in [3.8, 4) is 0 Å². The van der Waals surface area contributed by atoms with Crippen LogP contribution in [0.2, 0.25) is 0 Å². The van der Waals surface area contributed by atoms with Crippen molar-refractivity contribution < 1.29 is 27.9 Å². The number of aliphatic carboxylic acids is 1. The summed E-state index contributed by atoms with van der Waals surface area (Å²) in [6.07, 6.45) is 1.19. The van der Waals surface area contributed by atoms with Gasteiger partial charge in [-0.2, -0.15) is 4.31 Å². The number of carbonyl (C=O) groups is 2. The molecule has 0 amide bonds. The molecule has 1 atom stereocenters. The highest BCUT2D eigenvalue weighted by Gasteiger charge is 2.47. The lowest BCUT2D eigenvalue weighted by Gasteiger charge is -2.42. The first-order valence-electron chi connectivity index (χ1n) is 5.91. The molecule has 1 aliphatic rings. The molecule has 0 aromatic heterocycles. The van der Waals surface area contributed by atoms with Crippen molar-refractivity contribution in [2.75, 3.05) is 19.4 Å². The fourth-order valence-electron chi connectivity index (χ4n) is 2.39. The van der Waals surface area contributed by atoms with Crippen LogP contribution in [0.15, 0.2) is 0 Å². The molecule has 110 valence electrons. The van der Waals surface area contributed by atoms with Crippen LogP contribution in [-0.2, 0) is 24.3 Å². The van der Waals surface area contributed by atoms with E-state index in [0.717, 1.165) is 11.4 Å². The summed E-state index contributed by atoms with van der Waals surface area (Å²) in [5.41, 5.74) is -0.673. The van der Waals surface area contributed by atoms with Crippen LogP contribution in [0.4, 0.5) is 0 Å². The number of nitrogens with zero attached hydrogens (tertiary/aromatic N) is 1. The van der Waals surface area contributed by atoms with Gasteiger partial charge in [-0.25, -0.2) is 8.42 Å². The minimum Gasteiger partial charge on any atom is -0.480 e. The van der Waals surface area contributed by atoms with Gasteiger partial charge in [-0.05, 0) is 18.3 Å². The quantitative estimate of drug-likeness (QED) is 0.736. The standard InChI is InChI=1S/C11H19NO6S/c1-11(2)5-4-6-12(9(11)10(14)15)19(16,17)7-8(13)18-3/h9H,4-7H2,1-3H3,(H,14,15). The van der Waals surface area contributed by atoms with Crippen LogP contribution >= 0.6 is 0 Å². The largest absolute Gasteiger partial charge is 0.480 e. The van der Waals surface area contributed by atoms with E-state index in [0.29, 0.717) is 12.8 Å². The van der Waals surface area contributed by atoms with Crippen molar-refractivity contribution in [3.63, 3.8) is 0 Å². The van der Waals surface area contributed by atoms with Crippen LogP contribution in [0.3, 0.4) is 0 Å². The van der Waals surface area contributed by atoms with Gasteiger partial charge in [0, 0.05) is 6.54 Å². The lowest BCUT2D eigenvalue weighted by atomic mass is 9.77. The molecule has 0 spiro atoms. The van der Waals surface area contributed by atoms with Crippen LogP contribution in [-0.4, -0.2) is 55.2 Å². The van der Waals surface area contributed by atoms with Gasteiger partial charge in [0.25, 0.3) is 0 Å². The first-order valence-corrected chi connectivity index (χ1v) is 7.52. The number of hydrogen-bond acceptors (Lipinski definition) is 5. The number of sulfonamides is 1. The summed E-state index contributed by atoms with van der Waals surface area (Å²) in [4.78, 5) is 22.5. The van der Waals surface area contributed by atoms with Gasteiger partial charge in [0.1, 0.15) is 6.04 Å². The molecule has 0 aromatic carbocycles. The van der Waals surface area contributed by atoms with Gasteiger partial charge in [-0.15, -0.1) is 0 Å². The van der Waals surface area contributed by atoms with Gasteiger partial charge >= 0.3 is 11.9 Å². The molecule has 0 radical (unpaired) electrons. The van der Waals surface area contributed by atoms with Gasteiger partial charge in [0.15, 0.2) is 5.75 Å². The summed E-state index contributed by atoms with van der Waals surface area (Å²) in [5, 5.41) is 9.28. The number of hydrogen-bond donors (Lipinski definition) is 1. The van der Waals surface area contributed by atoms with Crippen LogP contribution in [0, 0.1) is 5.41 Å². The first-order chi connectivity index (χ1) is 8.62. The Morgan fingerprint density at radius 1 is 1.42 bits per heavy atom. The second kappa shape index (κ2) is 5.46. The predicted octanol–water partition coefficient (Wildman–Crippen LogP) is 0.0644. The van der Waals surface area contributed by atoms with Crippen molar-refractivity contribution in [1.82, 2.24) is 4.31 Å². The highest BCUT2D eigenvalue weighted by atomic mass is 32.2. The maximum atomic E-state index is 12.1. The number of rotatable bonds is 4. The topological polar surface area (TPSA) is 101 Å². The molecule has 1 unspecified atom stereocenters. The fraction of sp³-hybridized carbons (Fsp3) is 0.818. The summed E-state index contributed by atoms with van der Waals surface area (Å²) in [6, 6.07) is -1.16. The van der Waals surface area contributed by atoms with E-state index in [4.69, 9.17) is 0 Å². The highest BCUT2D eigenvalue weighted by Crippen LogP contribution is 2.36. The van der Waals surface area contributed by atoms with Crippen molar-refractivity contribution >= 4 is 22.0 Å². The summed E-state index contributed by atoms with van der Waals surface area (Å²) >= 11 is 0. The van der Waals surface area contributed by atoms with Gasteiger partial charge in [0.05, 0.1) is 7.11 Å². The number of methoxy groups -OCH3 is 1. The molecular formula is C11H19NO6S. The zero-order valence-electron chi connectivity index (χ0n) is 11.2. The molecule has 0 bridgehead atoms. The fourth-order valence-corrected chi connectivity index (χ4v) is 4.08. The van der Waals surface area contributed by atoms with Gasteiger partial charge < -0.3 is 9.84 Å². The lowest BCUT2D eigenvalue weighted by Crippen LogP contribution is -2.57. The smallest absolute Gasteiger partial charge is 0.322 e. The molecule has 8 heteroatoms. The molecule has 1 N–H and O–H groups in total. The van der Waals surface area contributed by atoms with E-state index >= 15 is 0 Å². The molecule has 0 aliphatic carbocycles. The second-order valence-electron chi connectivity index (χ2n) is 5.28. The normalized spacial score (nSPS) is 23.8. The Bertz CT molecular complexity index is 470. The van der Waals surface area contributed by atoms with E-state index in [2.05, 4.69) is 4.74 Å². The van der Waals surface area contributed by atoms with Crippen LogP contribution < -0.4 is 0 Å². The molecule has 7 nitrogen and oxygen atoms in total. The molecule has 1 aliphatic heterocycles. The molecule has 19 heavy (non-hydrogen) atoms. The molecule has 1 rings (SSSR count). The molecule has 0 saturated carbocycles. The van der Waals surface area contributed by atoms with E-state index in [1.807, 2.05) is 0 Å². The van der Waals surface area contributed by atoms with E-state index in [-0.39, 0.29) is 6.54 Å². The van der Waals surface area contributed by atoms with E-state index in [9.17, 15) is 23.1 Å². The zero-order valence-corrected chi connectivity index (χ0v) is 12.1. The minimum atomic E-state index is -3.98. The van der Waals surface area contributed by atoms with E-state index in [1.165, 1.54) is 0 Å². The van der Waals surface area contributed by atoms with Crippen LogP contribution in [0.25, 0.3) is 0 Å². The lowest BCUT2D eigenvalue weighted by molar-refractivity contribution is -0.147. The summed E-state index contributed by atoms with van der Waals surface area (Å²) in [6.45, 7) is 3.54. The minimum absolute atomic E-state index is 0.111. The average Bonchev–Trinajstić information content (AvgIpc) is 2.26.